The molecule has 0 radical (unpaired) electrons. The fraction of sp³-hybridized carbons (Fsp3) is 1.00. The van der Waals surface area contributed by atoms with Gasteiger partial charge < -0.3 is 14.9 Å². The van der Waals surface area contributed by atoms with E-state index >= 15 is 0 Å². The normalized spacial score (nSPS) is 30.2. The van der Waals surface area contributed by atoms with Gasteiger partial charge in [0.05, 0.1) is 5.60 Å². The lowest BCUT2D eigenvalue weighted by molar-refractivity contribution is 0.0684. The van der Waals surface area contributed by atoms with Gasteiger partial charge in [-0.15, -0.1) is 0 Å². The summed E-state index contributed by atoms with van der Waals surface area (Å²) in [7, 11) is 4.19. The van der Waals surface area contributed by atoms with Gasteiger partial charge in [-0.2, -0.15) is 0 Å². The summed E-state index contributed by atoms with van der Waals surface area (Å²) in [5.74, 6) is 0. The van der Waals surface area contributed by atoms with Crippen LogP contribution in [0.2, 0.25) is 0 Å². The maximum Gasteiger partial charge on any atom is 0.0758 e. The summed E-state index contributed by atoms with van der Waals surface area (Å²) < 4.78 is 0. The Hall–Kier alpha value is -0.120. The zero-order valence-electron chi connectivity index (χ0n) is 9.08. The van der Waals surface area contributed by atoms with Crippen LogP contribution in [0.4, 0.5) is 0 Å². The third kappa shape index (κ3) is 4.07. The number of aliphatic hydroxyl groups is 1. The Labute approximate surface area is 81.3 Å². The van der Waals surface area contributed by atoms with Gasteiger partial charge in [-0.25, -0.2) is 0 Å². The Bertz CT molecular complexity index is 157. The van der Waals surface area contributed by atoms with Crippen LogP contribution >= 0.6 is 0 Å². The minimum Gasteiger partial charge on any atom is -0.389 e. The first-order chi connectivity index (χ1) is 5.99. The van der Waals surface area contributed by atoms with Crippen LogP contribution in [0.15, 0.2) is 0 Å². The minimum absolute atomic E-state index is 0.432. The molecule has 1 unspecified atom stereocenters. The average molecular weight is 186 g/mol. The van der Waals surface area contributed by atoms with E-state index in [9.17, 15) is 5.11 Å². The molecule has 13 heavy (non-hydrogen) atoms. The molecule has 1 aliphatic rings. The highest BCUT2D eigenvalue weighted by molar-refractivity contribution is 4.85. The van der Waals surface area contributed by atoms with Crippen LogP contribution in [-0.4, -0.2) is 60.8 Å². The van der Waals surface area contributed by atoms with Gasteiger partial charge in [0.2, 0.25) is 0 Å². The van der Waals surface area contributed by atoms with Gasteiger partial charge in [-0.05, 0) is 47.0 Å². The van der Waals surface area contributed by atoms with E-state index in [0.29, 0.717) is 0 Å². The zero-order valence-corrected chi connectivity index (χ0v) is 9.08. The van der Waals surface area contributed by atoms with Gasteiger partial charge in [0, 0.05) is 13.1 Å². The molecule has 78 valence electrons. The lowest BCUT2D eigenvalue weighted by Gasteiger charge is -2.19. The molecule has 1 N–H and O–H groups in total. The second kappa shape index (κ2) is 4.40. The Kier molecular flexibility index (Phi) is 3.71. The molecule has 3 heteroatoms. The van der Waals surface area contributed by atoms with Crippen LogP contribution in [0.5, 0.6) is 0 Å². The van der Waals surface area contributed by atoms with E-state index < -0.39 is 5.60 Å². The zero-order chi connectivity index (χ0) is 9.90. The highest BCUT2D eigenvalue weighted by atomic mass is 16.3. The highest BCUT2D eigenvalue weighted by Crippen LogP contribution is 2.19. The third-order valence-corrected chi connectivity index (χ3v) is 2.61. The van der Waals surface area contributed by atoms with Crippen LogP contribution in [-0.2, 0) is 0 Å². The molecule has 0 saturated carbocycles. The van der Waals surface area contributed by atoms with E-state index in [1.165, 1.54) is 6.42 Å². The predicted octanol–water partition coefficient (Wildman–Crippen LogP) is 0.395. The van der Waals surface area contributed by atoms with Gasteiger partial charge in [0.25, 0.3) is 0 Å². The van der Waals surface area contributed by atoms with Gasteiger partial charge >= 0.3 is 0 Å². The average Bonchev–Trinajstić information content (AvgIpc) is 2.29. The highest BCUT2D eigenvalue weighted by Gasteiger charge is 2.30. The Morgan fingerprint density at radius 1 is 1.46 bits per heavy atom. The van der Waals surface area contributed by atoms with Crippen molar-refractivity contribution in [2.45, 2.75) is 25.4 Å². The second-order valence-corrected chi connectivity index (χ2v) is 4.68. The molecule has 0 aromatic heterocycles. The van der Waals surface area contributed by atoms with E-state index in [1.807, 2.05) is 6.92 Å². The molecule has 0 aliphatic carbocycles. The molecule has 0 spiro atoms. The van der Waals surface area contributed by atoms with Crippen LogP contribution in [0.3, 0.4) is 0 Å². The third-order valence-electron chi connectivity index (χ3n) is 2.61. The standard InChI is InChI=1S/C10H22N2O/c1-10(13)5-8-12(9-10)7-4-6-11(2)3/h13H,4-9H2,1-3H3. The van der Waals surface area contributed by atoms with Crippen molar-refractivity contribution in [2.75, 3.05) is 40.3 Å². The first-order valence-electron chi connectivity index (χ1n) is 5.09. The maximum absolute atomic E-state index is 9.72. The van der Waals surface area contributed by atoms with Crippen LogP contribution in [0, 0.1) is 0 Å². The van der Waals surface area contributed by atoms with Crippen LogP contribution in [0.25, 0.3) is 0 Å². The number of hydrogen-bond donors (Lipinski definition) is 1. The van der Waals surface area contributed by atoms with Crippen molar-refractivity contribution in [3.63, 3.8) is 0 Å². The number of nitrogens with zero attached hydrogens (tertiary/aromatic N) is 2. The first-order valence-corrected chi connectivity index (χ1v) is 5.09. The molecule has 1 rings (SSSR count). The summed E-state index contributed by atoms with van der Waals surface area (Å²) in [6, 6.07) is 0. The van der Waals surface area contributed by atoms with Crippen molar-refractivity contribution in [1.29, 1.82) is 0 Å². The summed E-state index contributed by atoms with van der Waals surface area (Å²) in [5.41, 5.74) is -0.432. The number of rotatable bonds is 4. The van der Waals surface area contributed by atoms with Crippen molar-refractivity contribution in [2.24, 2.45) is 0 Å². The monoisotopic (exact) mass is 186 g/mol. The largest absolute Gasteiger partial charge is 0.389 e. The molecule has 0 aromatic rings. The fourth-order valence-electron chi connectivity index (χ4n) is 1.84. The van der Waals surface area contributed by atoms with E-state index in [-0.39, 0.29) is 0 Å². The van der Waals surface area contributed by atoms with Crippen molar-refractivity contribution >= 4 is 0 Å². The summed E-state index contributed by atoms with van der Waals surface area (Å²) in [6.07, 6.45) is 2.12. The Balaban J connectivity index is 2.11. The molecule has 1 fully saturated rings. The number of β-amino-alcohol motifs (C(OH)–C–C–N with tert-alkyl or cyclic N) is 1. The van der Waals surface area contributed by atoms with Crippen molar-refractivity contribution in [3.8, 4) is 0 Å². The SMILES string of the molecule is CN(C)CCCN1CCC(C)(O)C1. The van der Waals surface area contributed by atoms with Crippen molar-refractivity contribution in [1.82, 2.24) is 9.80 Å². The lowest BCUT2D eigenvalue weighted by Crippen LogP contribution is -2.31. The predicted molar refractivity (Wildman–Crippen MR) is 54.9 cm³/mol. The summed E-state index contributed by atoms with van der Waals surface area (Å²) in [6.45, 7) is 6.09. The second-order valence-electron chi connectivity index (χ2n) is 4.68. The van der Waals surface area contributed by atoms with E-state index in [1.54, 1.807) is 0 Å². The molecular weight excluding hydrogens is 164 g/mol. The molecule has 1 saturated heterocycles. The Morgan fingerprint density at radius 2 is 2.15 bits per heavy atom. The van der Waals surface area contributed by atoms with Crippen LogP contribution in [0.1, 0.15) is 19.8 Å². The van der Waals surface area contributed by atoms with Gasteiger partial charge in [0.1, 0.15) is 0 Å². The summed E-state index contributed by atoms with van der Waals surface area (Å²) >= 11 is 0. The topological polar surface area (TPSA) is 26.7 Å². The van der Waals surface area contributed by atoms with E-state index in [4.69, 9.17) is 0 Å². The summed E-state index contributed by atoms with van der Waals surface area (Å²) in [5, 5.41) is 9.72. The van der Waals surface area contributed by atoms with E-state index in [2.05, 4.69) is 23.9 Å². The van der Waals surface area contributed by atoms with E-state index in [0.717, 1.165) is 32.6 Å². The van der Waals surface area contributed by atoms with Gasteiger partial charge in [-0.3, -0.25) is 0 Å². The van der Waals surface area contributed by atoms with Gasteiger partial charge in [-0.1, -0.05) is 0 Å². The number of likely N-dealkylation sites (tertiary alicyclic amines) is 1. The molecule has 1 atom stereocenters. The molecule has 1 heterocycles. The molecular formula is C10H22N2O. The van der Waals surface area contributed by atoms with Crippen LogP contribution < -0.4 is 0 Å². The molecule has 1 aliphatic heterocycles. The van der Waals surface area contributed by atoms with Crippen molar-refractivity contribution in [3.05, 3.63) is 0 Å². The Morgan fingerprint density at radius 3 is 2.62 bits per heavy atom. The van der Waals surface area contributed by atoms with Gasteiger partial charge in [0.15, 0.2) is 0 Å². The molecule has 0 amide bonds. The smallest absolute Gasteiger partial charge is 0.0758 e. The minimum atomic E-state index is -0.432. The molecule has 0 bridgehead atoms. The number of hydrogen-bond acceptors (Lipinski definition) is 3. The lowest BCUT2D eigenvalue weighted by atomic mass is 10.1. The summed E-state index contributed by atoms with van der Waals surface area (Å²) in [4.78, 5) is 4.55. The quantitative estimate of drug-likeness (QED) is 0.688. The first kappa shape index (κ1) is 11.0. The molecule has 0 aromatic carbocycles. The molecule has 3 nitrogen and oxygen atoms in total. The maximum atomic E-state index is 9.72. The fourth-order valence-corrected chi connectivity index (χ4v) is 1.84. The van der Waals surface area contributed by atoms with Crippen molar-refractivity contribution < 1.29 is 5.11 Å².